The predicted octanol–water partition coefficient (Wildman–Crippen LogP) is 1.85. The molecule has 0 unspecified atom stereocenters. The Morgan fingerprint density at radius 2 is 2.17 bits per heavy atom. The second-order valence-electron chi connectivity index (χ2n) is 3.20. The largest absolute Gasteiger partial charge is 0.290 e. The molecule has 2 heterocycles. The molecule has 0 spiro atoms. The first-order valence-corrected chi connectivity index (χ1v) is 4.05. The van der Waals surface area contributed by atoms with Gasteiger partial charge >= 0.3 is 0 Å². The van der Waals surface area contributed by atoms with E-state index in [4.69, 9.17) is 0 Å². The Hall–Kier alpha value is -1.38. The van der Waals surface area contributed by atoms with Crippen molar-refractivity contribution in [2.75, 3.05) is 0 Å². The van der Waals surface area contributed by atoms with Gasteiger partial charge in [-0.1, -0.05) is 13.8 Å². The van der Waals surface area contributed by atoms with Crippen LogP contribution in [0.3, 0.4) is 0 Å². The van der Waals surface area contributed by atoms with Gasteiger partial charge in [0.05, 0.1) is 6.20 Å². The molecule has 3 heteroatoms. The number of fused-ring (bicyclic) bond motifs is 1. The van der Waals surface area contributed by atoms with Gasteiger partial charge in [0.15, 0.2) is 5.65 Å². The Bertz CT molecular complexity index is 389. The first-order chi connectivity index (χ1) is 5.77. The number of hydrogen-bond acceptors (Lipinski definition) is 2. The summed E-state index contributed by atoms with van der Waals surface area (Å²) < 4.78 is 1.94. The number of aromatic nitrogens is 3. The van der Waals surface area contributed by atoms with Gasteiger partial charge in [-0.3, -0.25) is 4.40 Å². The molecule has 0 aliphatic rings. The minimum atomic E-state index is 0.518. The van der Waals surface area contributed by atoms with Crippen molar-refractivity contribution in [2.45, 2.75) is 19.8 Å². The van der Waals surface area contributed by atoms with Crippen LogP contribution in [0, 0.1) is 0 Å². The smallest absolute Gasteiger partial charge is 0.156 e. The van der Waals surface area contributed by atoms with Gasteiger partial charge in [0.1, 0.15) is 6.33 Å². The fourth-order valence-corrected chi connectivity index (χ4v) is 1.13. The number of rotatable bonds is 1. The molecular weight excluding hydrogens is 150 g/mol. The molecule has 0 aromatic carbocycles. The summed E-state index contributed by atoms with van der Waals surface area (Å²) in [6, 6.07) is 0. The Labute approximate surface area is 71.1 Å². The standard InChI is InChI=1S/C9H11N3/c1-7(2)8-3-11-9-4-10-6-12(9)5-8/h3-7H,1-2H3. The van der Waals surface area contributed by atoms with Gasteiger partial charge in [0.25, 0.3) is 0 Å². The van der Waals surface area contributed by atoms with Crippen molar-refractivity contribution in [3.8, 4) is 0 Å². The van der Waals surface area contributed by atoms with Crippen molar-refractivity contribution < 1.29 is 0 Å². The first kappa shape index (κ1) is 7.28. The van der Waals surface area contributed by atoms with Gasteiger partial charge in [-0.05, 0) is 11.5 Å². The van der Waals surface area contributed by atoms with Crippen LogP contribution in [0.1, 0.15) is 25.3 Å². The summed E-state index contributed by atoms with van der Waals surface area (Å²) in [4.78, 5) is 8.27. The third-order valence-electron chi connectivity index (χ3n) is 1.95. The molecule has 12 heavy (non-hydrogen) atoms. The third kappa shape index (κ3) is 1.07. The van der Waals surface area contributed by atoms with E-state index in [2.05, 4.69) is 30.0 Å². The first-order valence-electron chi connectivity index (χ1n) is 4.05. The van der Waals surface area contributed by atoms with E-state index < -0.39 is 0 Å². The van der Waals surface area contributed by atoms with Crippen LogP contribution in [0.2, 0.25) is 0 Å². The van der Waals surface area contributed by atoms with Crippen LogP contribution >= 0.6 is 0 Å². The maximum absolute atomic E-state index is 4.26. The van der Waals surface area contributed by atoms with Crippen LogP contribution in [0.15, 0.2) is 24.9 Å². The summed E-state index contributed by atoms with van der Waals surface area (Å²) in [5.41, 5.74) is 2.14. The van der Waals surface area contributed by atoms with Gasteiger partial charge in [0.2, 0.25) is 0 Å². The van der Waals surface area contributed by atoms with E-state index in [0.717, 1.165) is 5.65 Å². The molecule has 0 saturated carbocycles. The van der Waals surface area contributed by atoms with Crippen LogP contribution in [-0.4, -0.2) is 14.4 Å². The monoisotopic (exact) mass is 161 g/mol. The molecule has 62 valence electrons. The summed E-state index contributed by atoms with van der Waals surface area (Å²) in [6.45, 7) is 4.31. The molecule has 0 aliphatic heterocycles. The van der Waals surface area contributed by atoms with Crippen molar-refractivity contribution in [3.63, 3.8) is 0 Å². The van der Waals surface area contributed by atoms with Crippen molar-refractivity contribution in [1.29, 1.82) is 0 Å². The highest BCUT2D eigenvalue weighted by Crippen LogP contribution is 2.12. The number of imidazole rings is 1. The molecule has 0 aliphatic carbocycles. The minimum Gasteiger partial charge on any atom is -0.290 e. The number of hydrogen-bond donors (Lipinski definition) is 0. The maximum atomic E-state index is 4.26. The van der Waals surface area contributed by atoms with E-state index in [9.17, 15) is 0 Å². The van der Waals surface area contributed by atoms with Gasteiger partial charge < -0.3 is 0 Å². The summed E-state index contributed by atoms with van der Waals surface area (Å²) in [7, 11) is 0. The molecule has 0 amide bonds. The Balaban J connectivity index is 2.60. The van der Waals surface area contributed by atoms with Crippen molar-refractivity contribution in [1.82, 2.24) is 14.4 Å². The van der Waals surface area contributed by atoms with Crippen molar-refractivity contribution in [2.24, 2.45) is 0 Å². The summed E-state index contributed by atoms with van der Waals surface area (Å²) in [5.74, 6) is 0.518. The lowest BCUT2D eigenvalue weighted by Gasteiger charge is -2.03. The third-order valence-corrected chi connectivity index (χ3v) is 1.95. The fourth-order valence-electron chi connectivity index (χ4n) is 1.13. The van der Waals surface area contributed by atoms with Gasteiger partial charge in [0, 0.05) is 12.4 Å². The van der Waals surface area contributed by atoms with Gasteiger partial charge in [-0.2, -0.15) is 0 Å². The molecule has 2 rings (SSSR count). The average molecular weight is 161 g/mol. The minimum absolute atomic E-state index is 0.518. The zero-order chi connectivity index (χ0) is 8.55. The molecule has 0 radical (unpaired) electrons. The molecule has 0 bridgehead atoms. The highest BCUT2D eigenvalue weighted by molar-refractivity contribution is 5.35. The summed E-state index contributed by atoms with van der Waals surface area (Å²) in [5, 5.41) is 0. The second kappa shape index (κ2) is 2.59. The predicted molar refractivity (Wildman–Crippen MR) is 47.1 cm³/mol. The van der Waals surface area contributed by atoms with Crippen LogP contribution in [0.5, 0.6) is 0 Å². The summed E-state index contributed by atoms with van der Waals surface area (Å²) >= 11 is 0. The Kier molecular flexibility index (Phi) is 1.57. The van der Waals surface area contributed by atoms with E-state index in [1.54, 1.807) is 12.5 Å². The van der Waals surface area contributed by atoms with E-state index in [1.807, 2.05) is 10.6 Å². The van der Waals surface area contributed by atoms with Crippen molar-refractivity contribution >= 4 is 5.65 Å². The van der Waals surface area contributed by atoms with Crippen LogP contribution in [0.4, 0.5) is 0 Å². The number of nitrogens with zero attached hydrogens (tertiary/aromatic N) is 3. The fraction of sp³-hybridized carbons (Fsp3) is 0.333. The van der Waals surface area contributed by atoms with Crippen LogP contribution < -0.4 is 0 Å². The lowest BCUT2D eigenvalue weighted by molar-refractivity contribution is 0.842. The van der Waals surface area contributed by atoms with Crippen LogP contribution in [-0.2, 0) is 0 Å². The van der Waals surface area contributed by atoms with E-state index >= 15 is 0 Å². The van der Waals surface area contributed by atoms with Crippen LogP contribution in [0.25, 0.3) is 5.65 Å². The molecule has 2 aromatic heterocycles. The average Bonchev–Trinajstić information content (AvgIpc) is 2.49. The lowest BCUT2D eigenvalue weighted by Crippen LogP contribution is -1.93. The Morgan fingerprint density at radius 1 is 1.33 bits per heavy atom. The zero-order valence-electron chi connectivity index (χ0n) is 7.23. The van der Waals surface area contributed by atoms with E-state index in [0.29, 0.717) is 5.92 Å². The van der Waals surface area contributed by atoms with Crippen molar-refractivity contribution in [3.05, 3.63) is 30.5 Å². The quantitative estimate of drug-likeness (QED) is 0.639. The zero-order valence-corrected chi connectivity index (χ0v) is 7.23. The molecule has 0 fully saturated rings. The van der Waals surface area contributed by atoms with Gasteiger partial charge in [-0.15, -0.1) is 0 Å². The molecule has 0 N–H and O–H groups in total. The maximum Gasteiger partial charge on any atom is 0.156 e. The molecule has 3 nitrogen and oxygen atoms in total. The normalized spacial score (nSPS) is 11.2. The Morgan fingerprint density at radius 3 is 2.92 bits per heavy atom. The molecule has 0 atom stereocenters. The highest BCUT2D eigenvalue weighted by Gasteiger charge is 2.00. The highest BCUT2D eigenvalue weighted by atomic mass is 15.0. The molecular formula is C9H11N3. The molecule has 0 saturated heterocycles. The van der Waals surface area contributed by atoms with E-state index in [1.165, 1.54) is 5.56 Å². The SMILES string of the molecule is CC(C)c1cnc2cncn2c1. The topological polar surface area (TPSA) is 30.2 Å². The molecule has 2 aromatic rings. The second-order valence-corrected chi connectivity index (χ2v) is 3.20. The summed E-state index contributed by atoms with van der Waals surface area (Å²) in [6.07, 6.45) is 7.50. The van der Waals surface area contributed by atoms with E-state index in [-0.39, 0.29) is 0 Å². The van der Waals surface area contributed by atoms with Gasteiger partial charge in [-0.25, -0.2) is 9.97 Å². The lowest BCUT2D eigenvalue weighted by atomic mass is 10.1.